The number of rotatable bonds is 0. The first kappa shape index (κ1) is 16.1. The molecule has 42 valence electrons. The van der Waals surface area contributed by atoms with Crippen molar-refractivity contribution in [1.82, 2.24) is 0 Å². The Kier molecular flexibility index (Phi) is 14.5. The number of phosphoric acid groups is 1. The monoisotopic (exact) mass is 292 g/mol. The first-order valence-electron chi connectivity index (χ1n) is 0.783. The van der Waals surface area contributed by atoms with Gasteiger partial charge in [0.2, 0.25) is 0 Å². The zero-order chi connectivity index (χ0) is 4.50. The van der Waals surface area contributed by atoms with Gasteiger partial charge in [0.15, 0.2) is 0 Å². The third kappa shape index (κ3) is 65.1. The van der Waals surface area contributed by atoms with Gasteiger partial charge in [-0.15, -0.1) is 0 Å². The van der Waals surface area contributed by atoms with Gasteiger partial charge in [0.05, 0.1) is 0 Å². The van der Waals surface area contributed by atoms with Gasteiger partial charge in [-0.3, -0.25) is 0 Å². The average molecular weight is 291 g/mol. The molecule has 3 N–H and O–H groups in total. The zero-order valence-corrected chi connectivity index (χ0v) is 9.70. The second-order valence-corrected chi connectivity index (χ2v) is 1.54. The Labute approximate surface area is 91.5 Å². The van der Waals surface area contributed by atoms with E-state index in [1.165, 1.54) is 0 Å². The van der Waals surface area contributed by atoms with E-state index < -0.39 is 7.82 Å². The Bertz CT molecular complexity index is 57.8. The topological polar surface area (TPSA) is 77.8 Å². The first-order valence-corrected chi connectivity index (χ1v) is 2.35. The van der Waals surface area contributed by atoms with Crippen LogP contribution in [0.4, 0.5) is 0 Å². The van der Waals surface area contributed by atoms with Gasteiger partial charge in [-0.05, 0) is 0 Å². The molecule has 0 fully saturated rings. The summed E-state index contributed by atoms with van der Waals surface area (Å²) in [5.74, 6) is 0. The zero-order valence-electron chi connectivity index (χ0n) is 3.26. The fraction of sp³-hybridized carbons (Fsp3) is 0. The molecule has 0 atom stereocenters. The van der Waals surface area contributed by atoms with E-state index in [9.17, 15) is 0 Å². The van der Waals surface area contributed by atoms with Crippen molar-refractivity contribution in [2.24, 2.45) is 0 Å². The normalized spacial score (nSPS) is 8.43. The van der Waals surface area contributed by atoms with Gasteiger partial charge in [-0.2, -0.15) is 0 Å². The van der Waals surface area contributed by atoms with E-state index in [2.05, 4.69) is 0 Å². The van der Waals surface area contributed by atoms with E-state index in [0.29, 0.717) is 0 Å². The summed E-state index contributed by atoms with van der Waals surface area (Å²) in [4.78, 5) is 21.6. The van der Waals surface area contributed by atoms with E-state index in [1.807, 2.05) is 0 Å². The summed E-state index contributed by atoms with van der Waals surface area (Å²) >= 11 is 0. The maximum Gasteiger partial charge on any atom is 0.466 e. The second-order valence-electron chi connectivity index (χ2n) is 0.513. The van der Waals surface area contributed by atoms with Crippen molar-refractivity contribution < 1.29 is 36.3 Å². The van der Waals surface area contributed by atoms with Crippen LogP contribution in [0.5, 0.6) is 0 Å². The van der Waals surface area contributed by atoms with Gasteiger partial charge in [0, 0.05) is 65.9 Å². The van der Waals surface area contributed by atoms with Crippen LogP contribution in [0.1, 0.15) is 0 Å². The van der Waals surface area contributed by atoms with Crippen LogP contribution < -0.4 is 0 Å². The van der Waals surface area contributed by atoms with Crippen molar-refractivity contribution in [2.75, 3.05) is 0 Å². The van der Waals surface area contributed by atoms with Crippen molar-refractivity contribution in [2.45, 2.75) is 0 Å². The molecule has 0 aliphatic heterocycles. The molecule has 0 heterocycles. The quantitative estimate of drug-likeness (QED) is 0.382. The molecule has 0 saturated heterocycles. The van der Waals surface area contributed by atoms with Crippen LogP contribution in [0.2, 0.25) is 0 Å². The summed E-state index contributed by atoms with van der Waals surface area (Å²) in [6.07, 6.45) is 0. The van der Waals surface area contributed by atoms with Crippen LogP contribution in [0.25, 0.3) is 0 Å². The Morgan fingerprint density at radius 3 is 1.14 bits per heavy atom. The summed E-state index contributed by atoms with van der Waals surface area (Å²) in [6, 6.07) is 0. The molecular weight excluding hydrogens is 288 g/mol. The molecule has 0 rings (SSSR count). The molecule has 0 bridgehead atoms. The molecule has 4 nitrogen and oxygen atoms in total. The van der Waals surface area contributed by atoms with Crippen LogP contribution in [-0.2, 0) is 21.6 Å². The Balaban J connectivity index is -0.0000000800. The summed E-state index contributed by atoms with van der Waals surface area (Å²) in [6.45, 7) is 0. The molecule has 0 aromatic rings. The minimum Gasteiger partial charge on any atom is -0.303 e. The number of hydrogen-bond donors (Lipinski definition) is 3. The van der Waals surface area contributed by atoms with Crippen LogP contribution in [0.15, 0.2) is 0 Å². The Morgan fingerprint density at radius 1 is 1.14 bits per heavy atom. The number of hydrogen-bond acceptors (Lipinski definition) is 1. The fourth-order valence-corrected chi connectivity index (χ4v) is 0. The SMILES string of the molecule is O=P(O)(O)O.[Ba].[Fe]. The summed E-state index contributed by atoms with van der Waals surface area (Å²) in [7, 11) is -4.64. The van der Waals surface area contributed by atoms with E-state index in [-0.39, 0.29) is 65.9 Å². The van der Waals surface area contributed by atoms with Crippen molar-refractivity contribution in [3.05, 3.63) is 0 Å². The predicted octanol–water partition coefficient (Wildman–Crippen LogP) is -1.31. The van der Waals surface area contributed by atoms with Gasteiger partial charge in [-0.25, -0.2) is 4.57 Å². The Hall–Kier alpha value is 2.20. The van der Waals surface area contributed by atoms with Gasteiger partial charge in [0.25, 0.3) is 0 Å². The van der Waals surface area contributed by atoms with Gasteiger partial charge in [0.1, 0.15) is 0 Å². The third-order valence-electron chi connectivity index (χ3n) is 0. The van der Waals surface area contributed by atoms with Gasteiger partial charge < -0.3 is 14.7 Å². The molecular formula is H3BaFeO4P. The molecule has 0 spiro atoms. The van der Waals surface area contributed by atoms with E-state index >= 15 is 0 Å². The molecule has 0 saturated carbocycles. The van der Waals surface area contributed by atoms with Crippen molar-refractivity contribution in [1.29, 1.82) is 0 Å². The molecule has 0 unspecified atom stereocenters. The molecule has 0 aliphatic rings. The third-order valence-corrected chi connectivity index (χ3v) is 0. The summed E-state index contributed by atoms with van der Waals surface area (Å²) in [5.41, 5.74) is 0. The molecule has 0 aromatic carbocycles. The van der Waals surface area contributed by atoms with E-state index in [1.54, 1.807) is 0 Å². The minimum atomic E-state index is -4.64. The smallest absolute Gasteiger partial charge is 0.303 e. The van der Waals surface area contributed by atoms with Gasteiger partial charge in [-0.1, -0.05) is 0 Å². The average Bonchev–Trinajstić information content (AvgIpc) is 0.722. The van der Waals surface area contributed by atoms with Crippen molar-refractivity contribution in [3.63, 3.8) is 0 Å². The predicted molar refractivity (Wildman–Crippen MR) is 20.0 cm³/mol. The standard InChI is InChI=1S/Ba.Fe.H3O4P/c;;1-5(2,3)4/h;;(H3,1,2,3,4). The van der Waals surface area contributed by atoms with Crippen LogP contribution in [0.3, 0.4) is 0 Å². The molecule has 0 amide bonds. The Morgan fingerprint density at radius 2 is 1.14 bits per heavy atom. The van der Waals surface area contributed by atoms with E-state index in [4.69, 9.17) is 19.2 Å². The fourth-order valence-electron chi connectivity index (χ4n) is 0. The van der Waals surface area contributed by atoms with Crippen LogP contribution in [0, 0.1) is 0 Å². The maximum atomic E-state index is 8.88. The maximum absolute atomic E-state index is 8.88. The van der Waals surface area contributed by atoms with Crippen molar-refractivity contribution in [3.8, 4) is 0 Å². The first-order chi connectivity index (χ1) is 2.00. The van der Waals surface area contributed by atoms with E-state index in [0.717, 1.165) is 0 Å². The largest absolute Gasteiger partial charge is 0.466 e. The summed E-state index contributed by atoms with van der Waals surface area (Å²) < 4.78 is 8.88. The summed E-state index contributed by atoms with van der Waals surface area (Å²) in [5, 5.41) is 0. The van der Waals surface area contributed by atoms with Crippen LogP contribution in [-0.4, -0.2) is 63.6 Å². The molecule has 7 heteroatoms. The molecule has 7 heavy (non-hydrogen) atoms. The van der Waals surface area contributed by atoms with Gasteiger partial charge >= 0.3 is 7.82 Å². The second kappa shape index (κ2) is 6.32. The van der Waals surface area contributed by atoms with Crippen molar-refractivity contribution >= 4 is 56.7 Å². The molecule has 0 aromatic heterocycles. The van der Waals surface area contributed by atoms with Crippen LogP contribution >= 0.6 is 7.82 Å². The minimum absolute atomic E-state index is 0. The molecule has 0 aliphatic carbocycles. The molecule has 2 radical (unpaired) electrons.